The topological polar surface area (TPSA) is 39.9 Å². The number of hydrogen-bond acceptors (Lipinski definition) is 3. The van der Waals surface area contributed by atoms with Gasteiger partial charge in [-0.25, -0.2) is 0 Å². The van der Waals surface area contributed by atoms with Crippen molar-refractivity contribution in [1.82, 2.24) is 14.8 Å². The molecule has 17 heavy (non-hydrogen) atoms. The molecule has 1 heterocycles. The molecule has 0 aliphatic heterocycles. The Balaban J connectivity index is 2.36. The maximum absolute atomic E-state index is 6.02. The number of benzene rings is 1. The first-order valence-electron chi connectivity index (χ1n) is 5.59. The summed E-state index contributed by atoms with van der Waals surface area (Å²) >= 11 is 6.02. The molecule has 0 fully saturated rings. The summed E-state index contributed by atoms with van der Waals surface area (Å²) in [5, 5.41) is 8.27. The van der Waals surface area contributed by atoms with Gasteiger partial charge in [0.25, 0.3) is 0 Å². The monoisotopic (exact) mass is 251 g/mol. The van der Waals surface area contributed by atoms with E-state index < -0.39 is 0 Å². The number of rotatable bonds is 4. The van der Waals surface area contributed by atoms with Crippen molar-refractivity contribution in [3.63, 3.8) is 0 Å². The number of ether oxygens (including phenoxy) is 1. The fourth-order valence-electron chi connectivity index (χ4n) is 1.64. The third-order valence-electron chi connectivity index (χ3n) is 2.41. The SMILES string of the molecule is CCOc1ccc(-n2c(Cl)nnc2CC)cc1. The third-order valence-corrected chi connectivity index (χ3v) is 2.66. The zero-order valence-electron chi connectivity index (χ0n) is 9.85. The summed E-state index contributed by atoms with van der Waals surface area (Å²) in [5.41, 5.74) is 0.945. The van der Waals surface area contributed by atoms with Crippen LogP contribution in [0.3, 0.4) is 0 Å². The molecule has 0 unspecified atom stereocenters. The summed E-state index contributed by atoms with van der Waals surface area (Å²) in [4.78, 5) is 0. The van der Waals surface area contributed by atoms with Gasteiger partial charge in [0.15, 0.2) is 0 Å². The molecule has 0 radical (unpaired) electrons. The molecule has 4 nitrogen and oxygen atoms in total. The second kappa shape index (κ2) is 5.19. The molecular formula is C12H14ClN3O. The van der Waals surface area contributed by atoms with Gasteiger partial charge in [-0.15, -0.1) is 10.2 Å². The lowest BCUT2D eigenvalue weighted by atomic mass is 10.3. The number of halogens is 1. The van der Waals surface area contributed by atoms with Gasteiger partial charge in [-0.05, 0) is 42.8 Å². The molecule has 0 atom stereocenters. The Morgan fingerprint density at radius 2 is 1.88 bits per heavy atom. The molecule has 1 aromatic carbocycles. The zero-order chi connectivity index (χ0) is 12.3. The van der Waals surface area contributed by atoms with Crippen molar-refractivity contribution in [3.8, 4) is 11.4 Å². The van der Waals surface area contributed by atoms with Crippen molar-refractivity contribution in [2.75, 3.05) is 6.61 Å². The Kier molecular flexibility index (Phi) is 3.64. The van der Waals surface area contributed by atoms with Crippen LogP contribution in [0.1, 0.15) is 19.7 Å². The van der Waals surface area contributed by atoms with Crippen molar-refractivity contribution in [2.24, 2.45) is 0 Å². The smallest absolute Gasteiger partial charge is 0.229 e. The van der Waals surface area contributed by atoms with Crippen molar-refractivity contribution in [3.05, 3.63) is 35.4 Å². The van der Waals surface area contributed by atoms with E-state index in [1.165, 1.54) is 0 Å². The first-order valence-corrected chi connectivity index (χ1v) is 5.97. The van der Waals surface area contributed by atoms with Crippen molar-refractivity contribution in [1.29, 1.82) is 0 Å². The summed E-state index contributed by atoms with van der Waals surface area (Å²) in [7, 11) is 0. The Labute approximate surface area is 105 Å². The highest BCUT2D eigenvalue weighted by Crippen LogP contribution is 2.20. The Morgan fingerprint density at radius 3 is 2.47 bits per heavy atom. The Hall–Kier alpha value is -1.55. The van der Waals surface area contributed by atoms with Crippen LogP contribution in [0.2, 0.25) is 5.28 Å². The van der Waals surface area contributed by atoms with Crippen LogP contribution in [0, 0.1) is 0 Å². The highest BCUT2D eigenvalue weighted by Gasteiger charge is 2.10. The van der Waals surface area contributed by atoms with E-state index in [1.807, 2.05) is 42.7 Å². The summed E-state index contributed by atoms with van der Waals surface area (Å²) in [6.07, 6.45) is 0.785. The van der Waals surface area contributed by atoms with Crippen molar-refractivity contribution in [2.45, 2.75) is 20.3 Å². The largest absolute Gasteiger partial charge is 0.494 e. The molecule has 0 amide bonds. The first-order chi connectivity index (χ1) is 8.26. The van der Waals surface area contributed by atoms with Gasteiger partial charge in [-0.1, -0.05) is 6.92 Å². The molecule has 0 spiro atoms. The predicted octanol–water partition coefficient (Wildman–Crippen LogP) is 2.88. The zero-order valence-corrected chi connectivity index (χ0v) is 10.6. The molecule has 0 N–H and O–H groups in total. The maximum atomic E-state index is 6.02. The molecule has 1 aromatic heterocycles. The summed E-state index contributed by atoms with van der Waals surface area (Å²) in [6.45, 7) is 4.64. The molecule has 0 bridgehead atoms. The van der Waals surface area contributed by atoms with Gasteiger partial charge < -0.3 is 4.74 Å². The lowest BCUT2D eigenvalue weighted by Gasteiger charge is -2.08. The number of nitrogens with zero attached hydrogens (tertiary/aromatic N) is 3. The van der Waals surface area contributed by atoms with E-state index in [0.717, 1.165) is 23.7 Å². The number of aromatic nitrogens is 3. The van der Waals surface area contributed by atoms with Crippen LogP contribution in [0.25, 0.3) is 5.69 Å². The van der Waals surface area contributed by atoms with Gasteiger partial charge in [0, 0.05) is 6.42 Å². The van der Waals surface area contributed by atoms with E-state index in [-0.39, 0.29) is 0 Å². The fourth-order valence-corrected chi connectivity index (χ4v) is 1.87. The first kappa shape index (κ1) is 11.9. The lowest BCUT2D eigenvalue weighted by Crippen LogP contribution is -2.00. The predicted molar refractivity (Wildman–Crippen MR) is 66.9 cm³/mol. The Morgan fingerprint density at radius 1 is 1.18 bits per heavy atom. The second-order valence-electron chi connectivity index (χ2n) is 3.50. The normalized spacial score (nSPS) is 10.5. The van der Waals surface area contributed by atoms with Gasteiger partial charge in [0.05, 0.1) is 12.3 Å². The van der Waals surface area contributed by atoms with Gasteiger partial charge in [-0.2, -0.15) is 0 Å². The average Bonchev–Trinajstić information content (AvgIpc) is 2.72. The van der Waals surface area contributed by atoms with Gasteiger partial charge >= 0.3 is 0 Å². The van der Waals surface area contributed by atoms with E-state index in [2.05, 4.69) is 10.2 Å². The molecule has 0 aliphatic rings. The summed E-state index contributed by atoms with van der Waals surface area (Å²) in [6, 6.07) is 7.71. The minimum absolute atomic E-state index is 0.381. The minimum Gasteiger partial charge on any atom is -0.494 e. The quantitative estimate of drug-likeness (QED) is 0.839. The number of hydrogen-bond donors (Lipinski definition) is 0. The highest BCUT2D eigenvalue weighted by atomic mass is 35.5. The van der Waals surface area contributed by atoms with Crippen LogP contribution >= 0.6 is 11.6 Å². The third kappa shape index (κ3) is 2.42. The van der Waals surface area contributed by atoms with Crippen LogP contribution in [0.15, 0.2) is 24.3 Å². The van der Waals surface area contributed by atoms with E-state index >= 15 is 0 Å². The average molecular weight is 252 g/mol. The van der Waals surface area contributed by atoms with Gasteiger partial charge in [0.1, 0.15) is 11.6 Å². The number of aryl methyl sites for hydroxylation is 1. The van der Waals surface area contributed by atoms with Crippen LogP contribution in [0.4, 0.5) is 0 Å². The van der Waals surface area contributed by atoms with E-state index in [1.54, 1.807) is 0 Å². The van der Waals surface area contributed by atoms with E-state index in [4.69, 9.17) is 16.3 Å². The van der Waals surface area contributed by atoms with Crippen LogP contribution in [0.5, 0.6) is 5.75 Å². The molecule has 0 saturated heterocycles. The van der Waals surface area contributed by atoms with Crippen molar-refractivity contribution < 1.29 is 4.74 Å². The molecular weight excluding hydrogens is 238 g/mol. The van der Waals surface area contributed by atoms with E-state index in [9.17, 15) is 0 Å². The van der Waals surface area contributed by atoms with Crippen molar-refractivity contribution >= 4 is 11.6 Å². The molecule has 2 aromatic rings. The minimum atomic E-state index is 0.381. The molecule has 0 aliphatic carbocycles. The fraction of sp³-hybridized carbons (Fsp3) is 0.333. The van der Waals surface area contributed by atoms with Crippen LogP contribution < -0.4 is 4.74 Å². The standard InChI is InChI=1S/C12H14ClN3O/c1-3-11-14-15-12(13)16(11)9-5-7-10(8-6-9)17-4-2/h5-8H,3-4H2,1-2H3. The molecule has 0 saturated carbocycles. The van der Waals surface area contributed by atoms with Gasteiger partial charge in [-0.3, -0.25) is 4.57 Å². The van der Waals surface area contributed by atoms with Gasteiger partial charge in [0.2, 0.25) is 5.28 Å². The van der Waals surface area contributed by atoms with Crippen LogP contribution in [-0.4, -0.2) is 21.4 Å². The summed E-state index contributed by atoms with van der Waals surface area (Å²) < 4.78 is 7.22. The second-order valence-corrected chi connectivity index (χ2v) is 3.84. The lowest BCUT2D eigenvalue weighted by molar-refractivity contribution is 0.340. The van der Waals surface area contributed by atoms with Crippen LogP contribution in [-0.2, 0) is 6.42 Å². The van der Waals surface area contributed by atoms with E-state index in [0.29, 0.717) is 11.9 Å². The Bertz CT molecular complexity index is 493. The maximum Gasteiger partial charge on any atom is 0.229 e. The molecule has 5 heteroatoms. The molecule has 90 valence electrons. The molecule has 2 rings (SSSR count). The highest BCUT2D eigenvalue weighted by molar-refractivity contribution is 6.28. The summed E-state index contributed by atoms with van der Waals surface area (Å²) in [5.74, 6) is 1.69.